The second-order valence-electron chi connectivity index (χ2n) is 6.98. The Hall–Kier alpha value is -2.64. The van der Waals surface area contributed by atoms with Crippen molar-refractivity contribution in [2.24, 2.45) is 0 Å². The summed E-state index contributed by atoms with van der Waals surface area (Å²) in [6.07, 6.45) is -4.78. The number of aryl methyl sites for hydroxylation is 1. The van der Waals surface area contributed by atoms with E-state index in [2.05, 4.69) is 15.2 Å². The quantitative estimate of drug-likeness (QED) is 0.671. The van der Waals surface area contributed by atoms with Gasteiger partial charge < -0.3 is 14.6 Å². The number of amides is 1. The minimum atomic E-state index is -4.78. The first-order valence-corrected chi connectivity index (χ1v) is 10.9. The third-order valence-electron chi connectivity index (χ3n) is 4.47. The van der Waals surface area contributed by atoms with Gasteiger partial charge in [0.25, 0.3) is 0 Å². The first-order chi connectivity index (χ1) is 14.5. The zero-order chi connectivity index (χ0) is 22.6. The molecule has 0 atom stereocenters. The van der Waals surface area contributed by atoms with Crippen molar-refractivity contribution in [3.63, 3.8) is 0 Å². The second kappa shape index (κ2) is 9.24. The third kappa shape index (κ3) is 6.94. The highest BCUT2D eigenvalue weighted by Gasteiger charge is 2.31. The van der Waals surface area contributed by atoms with E-state index >= 15 is 0 Å². The van der Waals surface area contributed by atoms with E-state index in [4.69, 9.17) is 4.52 Å². The van der Waals surface area contributed by atoms with Gasteiger partial charge in [-0.2, -0.15) is 4.31 Å². The number of anilines is 1. The molecule has 1 N–H and O–H groups in total. The van der Waals surface area contributed by atoms with Crippen LogP contribution in [0.5, 0.6) is 5.75 Å². The Labute approximate surface area is 176 Å². The highest BCUT2D eigenvalue weighted by molar-refractivity contribution is 7.88. The van der Waals surface area contributed by atoms with Crippen LogP contribution in [-0.4, -0.2) is 67.8 Å². The number of nitrogens with one attached hydrogen (secondary N) is 1. The lowest BCUT2D eigenvalue weighted by Gasteiger charge is -2.33. The number of carbonyl (C=O) groups is 1. The molecule has 0 aliphatic carbocycles. The molecule has 1 aromatic heterocycles. The molecule has 1 aromatic carbocycles. The van der Waals surface area contributed by atoms with E-state index in [0.29, 0.717) is 30.2 Å². The fraction of sp³-hybridized carbons (Fsp3) is 0.444. The van der Waals surface area contributed by atoms with E-state index in [1.807, 2.05) is 0 Å². The third-order valence-corrected chi connectivity index (χ3v) is 6.28. The highest BCUT2D eigenvalue weighted by Crippen LogP contribution is 2.24. The largest absolute Gasteiger partial charge is 0.573 e. The molecule has 9 nitrogen and oxygen atoms in total. The number of nitrogens with zero attached hydrogens (tertiary/aromatic N) is 3. The van der Waals surface area contributed by atoms with Crippen LogP contribution in [0.1, 0.15) is 11.5 Å². The molecule has 170 valence electrons. The number of sulfonamides is 1. The Balaban J connectivity index is 1.45. The molecule has 3 rings (SSSR count). The lowest BCUT2D eigenvalue weighted by atomic mass is 10.3. The van der Waals surface area contributed by atoms with Gasteiger partial charge in [0.2, 0.25) is 15.9 Å². The van der Waals surface area contributed by atoms with Gasteiger partial charge in [-0.05, 0) is 31.2 Å². The average Bonchev–Trinajstić information content (AvgIpc) is 3.06. The zero-order valence-corrected chi connectivity index (χ0v) is 17.4. The molecule has 2 heterocycles. The molecule has 0 unspecified atom stereocenters. The van der Waals surface area contributed by atoms with Crippen LogP contribution in [-0.2, 0) is 20.6 Å². The molecule has 0 spiro atoms. The van der Waals surface area contributed by atoms with Crippen LogP contribution in [0.15, 0.2) is 34.9 Å². The molecule has 0 saturated carbocycles. The van der Waals surface area contributed by atoms with E-state index in [1.54, 1.807) is 17.9 Å². The van der Waals surface area contributed by atoms with Crippen LogP contribution >= 0.6 is 0 Å². The maximum absolute atomic E-state index is 12.5. The summed E-state index contributed by atoms with van der Waals surface area (Å²) >= 11 is 0. The fourth-order valence-corrected chi connectivity index (χ4v) is 4.49. The minimum Gasteiger partial charge on any atom is -0.406 e. The number of ether oxygens (including phenoxy) is 1. The summed E-state index contributed by atoms with van der Waals surface area (Å²) in [5.74, 6) is -0.468. The van der Waals surface area contributed by atoms with Crippen molar-refractivity contribution in [1.82, 2.24) is 14.4 Å². The predicted octanol–water partition coefficient (Wildman–Crippen LogP) is 1.97. The van der Waals surface area contributed by atoms with Crippen molar-refractivity contribution >= 4 is 21.6 Å². The van der Waals surface area contributed by atoms with Gasteiger partial charge >= 0.3 is 6.36 Å². The molecule has 1 amide bonds. The molecule has 13 heteroatoms. The van der Waals surface area contributed by atoms with Crippen molar-refractivity contribution in [2.45, 2.75) is 19.0 Å². The molecule has 31 heavy (non-hydrogen) atoms. The van der Waals surface area contributed by atoms with Crippen LogP contribution in [0.3, 0.4) is 0 Å². The van der Waals surface area contributed by atoms with Gasteiger partial charge in [-0.1, -0.05) is 5.16 Å². The Bertz CT molecular complexity index is 1000. The van der Waals surface area contributed by atoms with Gasteiger partial charge in [0, 0.05) is 37.9 Å². The van der Waals surface area contributed by atoms with Crippen LogP contribution in [0.2, 0.25) is 0 Å². The van der Waals surface area contributed by atoms with Gasteiger partial charge in [-0.3, -0.25) is 9.69 Å². The van der Waals surface area contributed by atoms with Gasteiger partial charge in [-0.25, -0.2) is 8.42 Å². The summed E-state index contributed by atoms with van der Waals surface area (Å²) in [4.78, 5) is 14.0. The summed E-state index contributed by atoms with van der Waals surface area (Å²) in [6.45, 7) is 2.90. The van der Waals surface area contributed by atoms with E-state index in [-0.39, 0.29) is 37.0 Å². The monoisotopic (exact) mass is 462 g/mol. The Morgan fingerprint density at radius 3 is 2.39 bits per heavy atom. The summed E-state index contributed by atoms with van der Waals surface area (Å²) in [5, 5.41) is 6.29. The van der Waals surface area contributed by atoms with Crippen molar-refractivity contribution in [2.75, 3.05) is 38.0 Å². The van der Waals surface area contributed by atoms with E-state index < -0.39 is 16.4 Å². The van der Waals surface area contributed by atoms with E-state index in [9.17, 15) is 26.4 Å². The molecule has 0 radical (unpaired) electrons. The lowest BCUT2D eigenvalue weighted by molar-refractivity contribution is -0.274. The van der Waals surface area contributed by atoms with Crippen molar-refractivity contribution in [1.29, 1.82) is 0 Å². The van der Waals surface area contributed by atoms with Crippen molar-refractivity contribution in [3.05, 3.63) is 41.8 Å². The van der Waals surface area contributed by atoms with E-state index in [0.717, 1.165) is 12.1 Å². The molecule has 1 saturated heterocycles. The molecule has 0 bridgehead atoms. The molecule has 1 aliphatic rings. The minimum absolute atomic E-state index is 0.0250. The SMILES string of the molecule is Cc1cc(CS(=O)(=O)N2CCN(CC(=O)Nc3ccc(OC(F)(F)F)cc3)CC2)no1. The summed E-state index contributed by atoms with van der Waals surface area (Å²) in [7, 11) is -3.55. The normalized spacial score (nSPS) is 16.3. The van der Waals surface area contributed by atoms with Gasteiger partial charge in [-0.15, -0.1) is 13.2 Å². The number of halogens is 3. The maximum atomic E-state index is 12.5. The van der Waals surface area contributed by atoms with Crippen molar-refractivity contribution < 1.29 is 35.6 Å². The highest BCUT2D eigenvalue weighted by atomic mass is 32.2. The standard InChI is InChI=1S/C18H21F3N4O5S/c1-13-10-15(23-30-13)12-31(27,28)25-8-6-24(7-9-25)11-17(26)22-14-2-4-16(5-3-14)29-18(19,20)21/h2-5,10H,6-9,11-12H2,1H3,(H,22,26). The number of hydrogen-bond donors (Lipinski definition) is 1. The number of aromatic nitrogens is 1. The van der Waals surface area contributed by atoms with Crippen molar-refractivity contribution in [3.8, 4) is 5.75 Å². The fourth-order valence-electron chi connectivity index (χ4n) is 3.07. The van der Waals surface area contributed by atoms with Crippen LogP contribution in [0.25, 0.3) is 0 Å². The Kier molecular flexibility index (Phi) is 6.86. The van der Waals surface area contributed by atoms with Crippen LogP contribution in [0.4, 0.5) is 18.9 Å². The molecule has 1 aliphatic heterocycles. The topological polar surface area (TPSA) is 105 Å². The Morgan fingerprint density at radius 1 is 1.19 bits per heavy atom. The predicted molar refractivity (Wildman–Crippen MR) is 104 cm³/mol. The molecule has 2 aromatic rings. The van der Waals surface area contributed by atoms with Gasteiger partial charge in [0.15, 0.2) is 0 Å². The molecular formula is C18H21F3N4O5S. The number of rotatable bonds is 7. The Morgan fingerprint density at radius 2 is 1.84 bits per heavy atom. The average molecular weight is 462 g/mol. The smallest absolute Gasteiger partial charge is 0.406 e. The summed E-state index contributed by atoms with van der Waals surface area (Å²) < 4.78 is 71.6. The first-order valence-electron chi connectivity index (χ1n) is 9.28. The summed E-state index contributed by atoms with van der Waals surface area (Å²) in [5.41, 5.74) is 0.662. The lowest BCUT2D eigenvalue weighted by Crippen LogP contribution is -2.50. The number of carbonyl (C=O) groups excluding carboxylic acids is 1. The first kappa shape index (κ1) is 23.0. The summed E-state index contributed by atoms with van der Waals surface area (Å²) in [6, 6.07) is 6.37. The van der Waals surface area contributed by atoms with Crippen LogP contribution in [0, 0.1) is 6.92 Å². The number of benzene rings is 1. The van der Waals surface area contributed by atoms with E-state index in [1.165, 1.54) is 16.4 Å². The maximum Gasteiger partial charge on any atom is 0.573 e. The van der Waals surface area contributed by atoms with Crippen LogP contribution < -0.4 is 10.1 Å². The number of alkyl halides is 3. The zero-order valence-electron chi connectivity index (χ0n) is 16.6. The van der Waals surface area contributed by atoms with Gasteiger partial charge in [0.05, 0.1) is 6.54 Å². The molecule has 1 fully saturated rings. The van der Waals surface area contributed by atoms with Gasteiger partial charge in [0.1, 0.15) is 23.0 Å². The second-order valence-corrected chi connectivity index (χ2v) is 8.95. The number of hydrogen-bond acceptors (Lipinski definition) is 7. The molecular weight excluding hydrogens is 441 g/mol. The number of piperazine rings is 1.